The van der Waals surface area contributed by atoms with Gasteiger partial charge < -0.3 is 10.5 Å². The molecule has 0 saturated carbocycles. The summed E-state index contributed by atoms with van der Waals surface area (Å²) in [5.74, 6) is -2.20. The Kier molecular flexibility index (Phi) is 2.37. The Bertz CT molecular complexity index is 297. The molecule has 1 amide bonds. The minimum atomic E-state index is -1.14. The van der Waals surface area contributed by atoms with Crippen LogP contribution in [0, 0.1) is 0 Å². The van der Waals surface area contributed by atoms with Crippen LogP contribution in [0.3, 0.4) is 0 Å². The van der Waals surface area contributed by atoms with Gasteiger partial charge in [0.1, 0.15) is 0 Å². The Hall–Kier alpha value is -1.91. The third kappa shape index (κ3) is 2.05. The number of hydrogen-bond donors (Lipinski definition) is 1. The summed E-state index contributed by atoms with van der Waals surface area (Å²) in [5.41, 5.74) is 4.64. The molecule has 12 heavy (non-hydrogen) atoms. The van der Waals surface area contributed by atoms with E-state index in [2.05, 4.69) is 15.5 Å². The molecule has 0 atom stereocenters. The zero-order valence-electron chi connectivity index (χ0n) is 6.06. The van der Waals surface area contributed by atoms with E-state index in [1.165, 1.54) is 12.3 Å². The molecular formula is C7H6N2O3. The zero-order valence-corrected chi connectivity index (χ0v) is 6.06. The van der Waals surface area contributed by atoms with E-state index >= 15 is 0 Å². The Morgan fingerprint density at radius 3 is 2.67 bits per heavy atom. The second-order valence-electron chi connectivity index (χ2n) is 1.92. The number of nitrogens with zero attached hydrogens (tertiary/aromatic N) is 1. The summed E-state index contributed by atoms with van der Waals surface area (Å²) in [5, 5.41) is 0. The van der Waals surface area contributed by atoms with Crippen LogP contribution in [0.15, 0.2) is 24.4 Å². The van der Waals surface area contributed by atoms with Crippen LogP contribution in [0.25, 0.3) is 0 Å². The molecule has 1 rings (SSSR count). The highest BCUT2D eigenvalue weighted by atomic mass is 16.5. The lowest BCUT2D eigenvalue weighted by Gasteiger charge is -1.97. The number of amides is 1. The van der Waals surface area contributed by atoms with Gasteiger partial charge in [-0.05, 0) is 6.07 Å². The van der Waals surface area contributed by atoms with E-state index < -0.39 is 11.9 Å². The number of nitrogens with two attached hydrogens (primary N) is 1. The van der Waals surface area contributed by atoms with Gasteiger partial charge in [-0.3, -0.25) is 4.79 Å². The highest BCUT2D eigenvalue weighted by Crippen LogP contribution is 2.02. The highest BCUT2D eigenvalue weighted by Gasteiger charge is 2.11. The molecule has 0 radical (unpaired) electrons. The zero-order chi connectivity index (χ0) is 8.97. The number of hydrogen-bond acceptors (Lipinski definition) is 4. The van der Waals surface area contributed by atoms with Crippen LogP contribution >= 0.6 is 0 Å². The van der Waals surface area contributed by atoms with Crippen molar-refractivity contribution in [3.63, 3.8) is 0 Å². The number of pyridine rings is 1. The number of carbonyl (C=O) groups is 2. The van der Waals surface area contributed by atoms with Crippen LogP contribution in [0.2, 0.25) is 0 Å². The second-order valence-corrected chi connectivity index (χ2v) is 1.92. The SMILES string of the molecule is NC(=O)C(=O)Oc1ccccn1. The molecule has 5 heteroatoms. The van der Waals surface area contributed by atoms with Crippen LogP contribution < -0.4 is 10.5 Å². The normalized spacial score (nSPS) is 9.00. The van der Waals surface area contributed by atoms with Crippen molar-refractivity contribution in [2.75, 3.05) is 0 Å². The molecule has 0 aliphatic carbocycles. The molecule has 2 N–H and O–H groups in total. The molecule has 1 aromatic heterocycles. The lowest BCUT2D eigenvalue weighted by atomic mass is 10.5. The van der Waals surface area contributed by atoms with Crippen LogP contribution in [-0.4, -0.2) is 16.9 Å². The third-order valence-corrected chi connectivity index (χ3v) is 1.04. The first kappa shape index (κ1) is 8.19. The van der Waals surface area contributed by atoms with Crippen LogP contribution in [-0.2, 0) is 9.59 Å². The van der Waals surface area contributed by atoms with Gasteiger partial charge >= 0.3 is 11.9 Å². The molecule has 0 unspecified atom stereocenters. The second kappa shape index (κ2) is 3.47. The summed E-state index contributed by atoms with van der Waals surface area (Å²) in [6.45, 7) is 0. The van der Waals surface area contributed by atoms with Crippen LogP contribution in [0.5, 0.6) is 5.88 Å². The molecule has 0 saturated heterocycles. The van der Waals surface area contributed by atoms with Gasteiger partial charge in [0.05, 0.1) is 0 Å². The minimum absolute atomic E-state index is 0.0568. The van der Waals surface area contributed by atoms with Gasteiger partial charge in [0.15, 0.2) is 0 Å². The van der Waals surface area contributed by atoms with Crippen molar-refractivity contribution in [3.8, 4) is 5.88 Å². The fraction of sp³-hybridized carbons (Fsp3) is 0. The van der Waals surface area contributed by atoms with Crippen molar-refractivity contribution in [1.82, 2.24) is 4.98 Å². The average molecular weight is 166 g/mol. The predicted molar refractivity (Wildman–Crippen MR) is 39.1 cm³/mol. The van der Waals surface area contributed by atoms with Crippen LogP contribution in [0.1, 0.15) is 0 Å². The molecule has 1 heterocycles. The molecule has 0 aromatic carbocycles. The van der Waals surface area contributed by atoms with E-state index in [9.17, 15) is 9.59 Å². The number of primary amides is 1. The maximum Gasteiger partial charge on any atom is 0.403 e. The van der Waals surface area contributed by atoms with E-state index in [-0.39, 0.29) is 5.88 Å². The molecule has 62 valence electrons. The molecule has 0 spiro atoms. The van der Waals surface area contributed by atoms with Crippen molar-refractivity contribution in [1.29, 1.82) is 0 Å². The van der Waals surface area contributed by atoms with Gasteiger partial charge in [0, 0.05) is 12.3 Å². The van der Waals surface area contributed by atoms with Crippen LogP contribution in [0.4, 0.5) is 0 Å². The Morgan fingerprint density at radius 1 is 1.42 bits per heavy atom. The topological polar surface area (TPSA) is 82.3 Å². The average Bonchev–Trinajstić information content (AvgIpc) is 2.06. The third-order valence-electron chi connectivity index (χ3n) is 1.04. The Labute approximate surface area is 68.2 Å². The first-order valence-corrected chi connectivity index (χ1v) is 3.13. The van der Waals surface area contributed by atoms with Crippen molar-refractivity contribution in [2.24, 2.45) is 5.73 Å². The quantitative estimate of drug-likeness (QED) is 0.449. The number of esters is 1. The van der Waals surface area contributed by atoms with E-state index in [4.69, 9.17) is 0 Å². The number of rotatable bonds is 1. The fourth-order valence-electron chi connectivity index (χ4n) is 0.553. The standard InChI is InChI=1S/C7H6N2O3/c8-6(10)7(11)12-5-3-1-2-4-9-5/h1-4H,(H2,8,10). The molecule has 0 aliphatic rings. The molecule has 0 fully saturated rings. The first-order valence-electron chi connectivity index (χ1n) is 3.13. The maximum atomic E-state index is 10.6. The lowest BCUT2D eigenvalue weighted by Crippen LogP contribution is -2.27. The first-order chi connectivity index (χ1) is 5.70. The Morgan fingerprint density at radius 2 is 2.17 bits per heavy atom. The van der Waals surface area contributed by atoms with E-state index in [1.807, 2.05) is 0 Å². The van der Waals surface area contributed by atoms with Gasteiger partial charge in [0.25, 0.3) is 0 Å². The van der Waals surface area contributed by atoms with E-state index in [0.29, 0.717) is 0 Å². The lowest BCUT2D eigenvalue weighted by molar-refractivity contribution is -0.146. The number of carbonyl (C=O) groups excluding carboxylic acids is 2. The number of ether oxygens (including phenoxy) is 1. The van der Waals surface area contributed by atoms with Crippen molar-refractivity contribution in [3.05, 3.63) is 24.4 Å². The van der Waals surface area contributed by atoms with Gasteiger partial charge in [-0.25, -0.2) is 9.78 Å². The number of aromatic nitrogens is 1. The van der Waals surface area contributed by atoms with E-state index in [0.717, 1.165) is 0 Å². The van der Waals surface area contributed by atoms with E-state index in [1.54, 1.807) is 12.1 Å². The minimum Gasteiger partial charge on any atom is -0.400 e. The molecular weight excluding hydrogens is 160 g/mol. The smallest absolute Gasteiger partial charge is 0.400 e. The summed E-state index contributed by atoms with van der Waals surface area (Å²) >= 11 is 0. The van der Waals surface area contributed by atoms with Gasteiger partial charge in [0.2, 0.25) is 5.88 Å². The summed E-state index contributed by atoms with van der Waals surface area (Å²) in [7, 11) is 0. The monoisotopic (exact) mass is 166 g/mol. The van der Waals surface area contributed by atoms with Gasteiger partial charge in [-0.1, -0.05) is 6.07 Å². The Balaban J connectivity index is 2.65. The van der Waals surface area contributed by atoms with Crippen molar-refractivity contribution < 1.29 is 14.3 Å². The molecule has 0 bridgehead atoms. The summed E-state index contributed by atoms with van der Waals surface area (Å²) in [6.07, 6.45) is 1.43. The summed E-state index contributed by atoms with van der Waals surface area (Å²) in [4.78, 5) is 24.4. The van der Waals surface area contributed by atoms with Gasteiger partial charge in [-0.15, -0.1) is 0 Å². The van der Waals surface area contributed by atoms with Crippen molar-refractivity contribution >= 4 is 11.9 Å². The predicted octanol–water partition coefficient (Wildman–Crippen LogP) is -0.528. The molecule has 1 aromatic rings. The molecule has 0 aliphatic heterocycles. The fourth-order valence-corrected chi connectivity index (χ4v) is 0.553. The largest absolute Gasteiger partial charge is 0.403 e. The summed E-state index contributed by atoms with van der Waals surface area (Å²) < 4.78 is 4.45. The van der Waals surface area contributed by atoms with Crippen molar-refractivity contribution in [2.45, 2.75) is 0 Å². The summed E-state index contributed by atoms with van der Waals surface area (Å²) in [6, 6.07) is 4.72. The molecule has 5 nitrogen and oxygen atoms in total. The highest BCUT2D eigenvalue weighted by molar-refractivity contribution is 6.32. The maximum absolute atomic E-state index is 10.6. The van der Waals surface area contributed by atoms with Gasteiger partial charge in [-0.2, -0.15) is 0 Å².